The number of carbonyl (C=O) groups excluding carboxylic acids is 1. The molecule has 1 N–H and O–H groups in total. The van der Waals surface area contributed by atoms with Crippen LogP contribution in [0.3, 0.4) is 0 Å². The van der Waals surface area contributed by atoms with Crippen molar-refractivity contribution in [3.63, 3.8) is 0 Å². The molecule has 3 rings (SSSR count). The first-order valence-electron chi connectivity index (χ1n) is 8.28. The van der Waals surface area contributed by atoms with E-state index in [1.807, 2.05) is 61.6 Å². The summed E-state index contributed by atoms with van der Waals surface area (Å²) in [4.78, 5) is 16.2. The summed E-state index contributed by atoms with van der Waals surface area (Å²) in [6.07, 6.45) is 2.48. The number of hydrazine groups is 1. The van der Waals surface area contributed by atoms with Gasteiger partial charge in [0.15, 0.2) is 0 Å². The number of carbonyl (C=O) groups is 1. The molecule has 1 aliphatic heterocycles. The molecule has 132 valence electrons. The highest BCUT2D eigenvalue weighted by Crippen LogP contribution is 2.31. The van der Waals surface area contributed by atoms with Crippen molar-refractivity contribution >= 4 is 5.97 Å². The summed E-state index contributed by atoms with van der Waals surface area (Å²) in [5.74, 6) is 0.353. The number of aromatic nitrogens is 1. The second-order valence-corrected chi connectivity index (χ2v) is 6.22. The van der Waals surface area contributed by atoms with Crippen LogP contribution in [0.4, 0.5) is 0 Å². The molecule has 6 heteroatoms. The van der Waals surface area contributed by atoms with Crippen LogP contribution in [0.1, 0.15) is 29.2 Å². The van der Waals surface area contributed by atoms with Crippen LogP contribution >= 0.6 is 0 Å². The highest BCUT2D eigenvalue weighted by Gasteiger charge is 2.36. The van der Waals surface area contributed by atoms with Crippen molar-refractivity contribution in [2.24, 2.45) is 0 Å². The minimum Gasteiger partial charge on any atom is -0.473 e. The maximum Gasteiger partial charge on any atom is 0.324 e. The molecule has 2 unspecified atom stereocenters. The number of esters is 1. The largest absolute Gasteiger partial charge is 0.473 e. The molecule has 1 aromatic heterocycles. The van der Waals surface area contributed by atoms with Gasteiger partial charge in [-0.3, -0.25) is 4.79 Å². The highest BCUT2D eigenvalue weighted by atomic mass is 16.5. The lowest BCUT2D eigenvalue weighted by Gasteiger charge is -2.21. The monoisotopic (exact) mass is 341 g/mol. The molecule has 0 bridgehead atoms. The van der Waals surface area contributed by atoms with Crippen molar-refractivity contribution in [3.05, 3.63) is 59.3 Å². The average molecular weight is 341 g/mol. The standard InChI is InChI=1S/C19H23N3O3/c1-13-9-18(25-12-14-7-5-4-6-8-14)20-11-15(13)17-10-16(19(23)24-3)21-22(17)2/h4-9,11,16-17,21H,10,12H2,1-3H3. The summed E-state index contributed by atoms with van der Waals surface area (Å²) in [6, 6.07) is 11.7. The van der Waals surface area contributed by atoms with Gasteiger partial charge in [0, 0.05) is 19.3 Å². The van der Waals surface area contributed by atoms with Crippen LogP contribution in [0.2, 0.25) is 0 Å². The van der Waals surface area contributed by atoms with Gasteiger partial charge in [-0.05, 0) is 30.0 Å². The number of aryl methyl sites for hydroxylation is 1. The van der Waals surface area contributed by atoms with E-state index in [1.54, 1.807) is 0 Å². The van der Waals surface area contributed by atoms with Crippen LogP contribution in [-0.4, -0.2) is 36.2 Å². The minimum absolute atomic E-state index is 0.0692. The molecule has 1 aromatic carbocycles. The number of methoxy groups -OCH3 is 1. The Hall–Kier alpha value is -2.44. The Morgan fingerprint density at radius 2 is 2.12 bits per heavy atom. The molecular formula is C19H23N3O3. The number of nitrogens with zero attached hydrogens (tertiary/aromatic N) is 2. The number of hydrogen-bond donors (Lipinski definition) is 1. The number of nitrogens with one attached hydrogen (secondary N) is 1. The summed E-state index contributed by atoms with van der Waals surface area (Å²) in [5, 5.41) is 1.94. The van der Waals surface area contributed by atoms with Gasteiger partial charge in [0.05, 0.1) is 13.2 Å². The zero-order valence-corrected chi connectivity index (χ0v) is 14.7. The average Bonchev–Trinajstić information content (AvgIpc) is 3.02. The second kappa shape index (κ2) is 7.63. The molecule has 2 aromatic rings. The van der Waals surface area contributed by atoms with Crippen LogP contribution < -0.4 is 10.2 Å². The van der Waals surface area contributed by atoms with Gasteiger partial charge in [-0.1, -0.05) is 30.3 Å². The molecule has 25 heavy (non-hydrogen) atoms. The van der Waals surface area contributed by atoms with Crippen molar-refractivity contribution in [1.29, 1.82) is 0 Å². The van der Waals surface area contributed by atoms with Gasteiger partial charge in [-0.2, -0.15) is 0 Å². The van der Waals surface area contributed by atoms with Gasteiger partial charge in [0.1, 0.15) is 12.6 Å². The van der Waals surface area contributed by atoms with Gasteiger partial charge in [-0.25, -0.2) is 15.4 Å². The molecule has 2 atom stereocenters. The van der Waals surface area contributed by atoms with E-state index in [9.17, 15) is 4.79 Å². The third-order valence-electron chi connectivity index (χ3n) is 4.49. The fourth-order valence-electron chi connectivity index (χ4n) is 3.10. The molecule has 1 aliphatic rings. The lowest BCUT2D eigenvalue weighted by Crippen LogP contribution is -2.38. The van der Waals surface area contributed by atoms with E-state index in [-0.39, 0.29) is 18.1 Å². The van der Waals surface area contributed by atoms with E-state index < -0.39 is 0 Å². The lowest BCUT2D eigenvalue weighted by atomic mass is 9.99. The third-order valence-corrected chi connectivity index (χ3v) is 4.49. The van der Waals surface area contributed by atoms with Crippen molar-refractivity contribution in [2.45, 2.75) is 32.0 Å². The van der Waals surface area contributed by atoms with Crippen LogP contribution in [-0.2, 0) is 16.1 Å². The number of hydrogen-bond acceptors (Lipinski definition) is 6. The van der Waals surface area contributed by atoms with Crippen molar-refractivity contribution in [1.82, 2.24) is 15.4 Å². The lowest BCUT2D eigenvalue weighted by molar-refractivity contribution is -0.143. The summed E-state index contributed by atoms with van der Waals surface area (Å²) in [7, 11) is 3.33. The molecule has 0 spiro atoms. The normalized spacial score (nSPS) is 20.4. The molecule has 1 fully saturated rings. The maximum absolute atomic E-state index is 11.7. The van der Waals surface area contributed by atoms with Crippen LogP contribution in [0.15, 0.2) is 42.6 Å². The van der Waals surface area contributed by atoms with Crippen molar-refractivity contribution in [2.75, 3.05) is 14.2 Å². The minimum atomic E-state index is -0.326. The van der Waals surface area contributed by atoms with Crippen LogP contribution in [0.25, 0.3) is 0 Å². The predicted octanol–water partition coefficient (Wildman–Crippen LogP) is 2.39. The molecule has 0 saturated carbocycles. The fourth-order valence-corrected chi connectivity index (χ4v) is 3.10. The molecule has 6 nitrogen and oxygen atoms in total. The Balaban J connectivity index is 1.68. The molecule has 2 heterocycles. The Morgan fingerprint density at radius 1 is 1.36 bits per heavy atom. The third kappa shape index (κ3) is 3.97. The summed E-state index contributed by atoms with van der Waals surface area (Å²) in [5.41, 5.74) is 6.41. The first-order valence-corrected chi connectivity index (χ1v) is 8.28. The zero-order chi connectivity index (χ0) is 17.8. The Bertz CT molecular complexity index is 736. The number of rotatable bonds is 5. The number of ether oxygens (including phenoxy) is 2. The molecule has 1 saturated heterocycles. The smallest absolute Gasteiger partial charge is 0.324 e. The van der Waals surface area contributed by atoms with Crippen LogP contribution in [0, 0.1) is 6.92 Å². The SMILES string of the molecule is COC(=O)C1CC(c2cnc(OCc3ccccc3)cc2C)N(C)N1. The van der Waals surface area contributed by atoms with Gasteiger partial charge < -0.3 is 9.47 Å². The number of benzene rings is 1. The van der Waals surface area contributed by atoms with E-state index in [0.29, 0.717) is 18.9 Å². The van der Waals surface area contributed by atoms with Gasteiger partial charge in [0.2, 0.25) is 5.88 Å². The Labute approximate surface area is 147 Å². The zero-order valence-electron chi connectivity index (χ0n) is 14.7. The van der Waals surface area contributed by atoms with E-state index in [0.717, 1.165) is 16.7 Å². The van der Waals surface area contributed by atoms with E-state index in [4.69, 9.17) is 9.47 Å². The Morgan fingerprint density at radius 3 is 2.80 bits per heavy atom. The van der Waals surface area contributed by atoms with E-state index >= 15 is 0 Å². The van der Waals surface area contributed by atoms with E-state index in [1.165, 1.54) is 7.11 Å². The second-order valence-electron chi connectivity index (χ2n) is 6.22. The highest BCUT2D eigenvalue weighted by molar-refractivity contribution is 5.76. The van der Waals surface area contributed by atoms with Gasteiger partial charge in [0.25, 0.3) is 0 Å². The molecule has 0 aliphatic carbocycles. The summed E-state index contributed by atoms with van der Waals surface area (Å²) < 4.78 is 10.6. The first-order chi connectivity index (χ1) is 12.1. The van der Waals surface area contributed by atoms with Gasteiger partial charge in [-0.15, -0.1) is 0 Å². The molecular weight excluding hydrogens is 318 g/mol. The molecule has 0 radical (unpaired) electrons. The fraction of sp³-hybridized carbons (Fsp3) is 0.368. The summed E-state index contributed by atoms with van der Waals surface area (Å²) in [6.45, 7) is 2.52. The van der Waals surface area contributed by atoms with Crippen molar-refractivity contribution < 1.29 is 14.3 Å². The predicted molar refractivity (Wildman–Crippen MR) is 93.8 cm³/mol. The van der Waals surface area contributed by atoms with Gasteiger partial charge >= 0.3 is 5.97 Å². The quantitative estimate of drug-likeness (QED) is 0.843. The Kier molecular flexibility index (Phi) is 5.31. The van der Waals surface area contributed by atoms with E-state index in [2.05, 4.69) is 10.4 Å². The first kappa shape index (κ1) is 17.4. The topological polar surface area (TPSA) is 63.7 Å². The van der Waals surface area contributed by atoms with Crippen LogP contribution in [0.5, 0.6) is 5.88 Å². The molecule has 0 amide bonds. The maximum atomic E-state index is 11.7. The number of pyridine rings is 1. The van der Waals surface area contributed by atoms with Crippen molar-refractivity contribution in [3.8, 4) is 5.88 Å². The summed E-state index contributed by atoms with van der Waals surface area (Å²) >= 11 is 0.